The zero-order valence-corrected chi connectivity index (χ0v) is 11.3. The third-order valence-electron chi connectivity index (χ3n) is 3.71. The van der Waals surface area contributed by atoms with Crippen LogP contribution in [0, 0.1) is 0 Å². The van der Waals surface area contributed by atoms with E-state index in [1.165, 1.54) is 44.1 Å². The number of benzene rings is 1. The van der Waals surface area contributed by atoms with Crippen molar-refractivity contribution in [1.82, 2.24) is 5.32 Å². The van der Waals surface area contributed by atoms with Crippen LogP contribution in [0.5, 0.6) is 0 Å². The number of rotatable bonds is 3. The molecule has 1 fully saturated rings. The Morgan fingerprint density at radius 3 is 2.41 bits per heavy atom. The molecule has 2 heteroatoms. The number of hydrogen-bond acceptors (Lipinski definition) is 1. The molecule has 0 spiro atoms. The van der Waals surface area contributed by atoms with Gasteiger partial charge >= 0.3 is 0 Å². The molecular formula is C15H22ClN. The molecule has 1 nitrogen and oxygen atoms in total. The topological polar surface area (TPSA) is 12.0 Å². The van der Waals surface area contributed by atoms with Gasteiger partial charge in [-0.3, -0.25) is 0 Å². The van der Waals surface area contributed by atoms with Crippen LogP contribution in [0.2, 0.25) is 5.02 Å². The van der Waals surface area contributed by atoms with Crippen molar-refractivity contribution in [1.29, 1.82) is 0 Å². The van der Waals surface area contributed by atoms with Gasteiger partial charge in [0.05, 0.1) is 0 Å². The van der Waals surface area contributed by atoms with Crippen LogP contribution in [-0.4, -0.2) is 6.04 Å². The fraction of sp³-hybridized carbons (Fsp3) is 0.600. The van der Waals surface area contributed by atoms with Gasteiger partial charge in [-0.2, -0.15) is 0 Å². The van der Waals surface area contributed by atoms with E-state index in [4.69, 9.17) is 11.6 Å². The summed E-state index contributed by atoms with van der Waals surface area (Å²) in [6, 6.07) is 9.17. The Kier molecular flexibility index (Phi) is 4.87. The molecule has 0 unspecified atom stereocenters. The average Bonchev–Trinajstić information content (AvgIpc) is 2.58. The number of halogens is 1. The fourth-order valence-corrected chi connectivity index (χ4v) is 3.02. The zero-order valence-electron chi connectivity index (χ0n) is 10.6. The van der Waals surface area contributed by atoms with Gasteiger partial charge < -0.3 is 5.32 Å². The van der Waals surface area contributed by atoms with Crippen molar-refractivity contribution in [2.75, 3.05) is 0 Å². The summed E-state index contributed by atoms with van der Waals surface area (Å²) in [6.45, 7) is 2.21. The van der Waals surface area contributed by atoms with Crippen LogP contribution in [0.1, 0.15) is 57.1 Å². The molecule has 0 amide bonds. The summed E-state index contributed by atoms with van der Waals surface area (Å²) < 4.78 is 0. The van der Waals surface area contributed by atoms with Gasteiger partial charge in [-0.15, -0.1) is 0 Å². The van der Waals surface area contributed by atoms with E-state index in [2.05, 4.69) is 24.4 Å². The standard InChI is InChI=1S/C15H22ClN/c1-12(14-10-6-7-11-15(14)16)17-13-8-4-2-3-5-9-13/h6-7,10-13,17H,2-5,8-9H2,1H3/t12-/m1/s1. The lowest BCUT2D eigenvalue weighted by Crippen LogP contribution is -2.31. The Morgan fingerprint density at radius 1 is 1.12 bits per heavy atom. The summed E-state index contributed by atoms with van der Waals surface area (Å²) in [7, 11) is 0. The number of hydrogen-bond donors (Lipinski definition) is 1. The van der Waals surface area contributed by atoms with Crippen LogP contribution in [0.25, 0.3) is 0 Å². The second-order valence-corrected chi connectivity index (χ2v) is 5.51. The van der Waals surface area contributed by atoms with Gasteiger partial charge in [-0.05, 0) is 31.4 Å². The highest BCUT2D eigenvalue weighted by Crippen LogP contribution is 2.25. The average molecular weight is 252 g/mol. The summed E-state index contributed by atoms with van der Waals surface area (Å²) in [5, 5.41) is 4.61. The highest BCUT2D eigenvalue weighted by atomic mass is 35.5. The van der Waals surface area contributed by atoms with Crippen molar-refractivity contribution in [2.24, 2.45) is 0 Å². The van der Waals surface area contributed by atoms with Crippen molar-refractivity contribution in [3.05, 3.63) is 34.9 Å². The lowest BCUT2D eigenvalue weighted by atomic mass is 10.0. The molecule has 0 aliphatic heterocycles. The molecule has 1 aromatic rings. The van der Waals surface area contributed by atoms with Crippen molar-refractivity contribution in [3.8, 4) is 0 Å². The normalized spacial score (nSPS) is 19.9. The first-order chi connectivity index (χ1) is 8.27. The van der Waals surface area contributed by atoms with Crippen LogP contribution < -0.4 is 5.32 Å². The summed E-state index contributed by atoms with van der Waals surface area (Å²) in [6.07, 6.45) is 8.17. The summed E-state index contributed by atoms with van der Waals surface area (Å²) in [4.78, 5) is 0. The molecule has 1 aliphatic rings. The molecule has 0 bridgehead atoms. The smallest absolute Gasteiger partial charge is 0.0453 e. The largest absolute Gasteiger partial charge is 0.307 e. The van der Waals surface area contributed by atoms with E-state index >= 15 is 0 Å². The molecule has 0 aromatic heterocycles. The van der Waals surface area contributed by atoms with Crippen molar-refractivity contribution >= 4 is 11.6 Å². The van der Waals surface area contributed by atoms with E-state index in [9.17, 15) is 0 Å². The third-order valence-corrected chi connectivity index (χ3v) is 4.06. The second kappa shape index (κ2) is 6.42. The van der Waals surface area contributed by atoms with E-state index in [0.717, 1.165) is 5.02 Å². The van der Waals surface area contributed by atoms with Gasteiger partial charge in [0.1, 0.15) is 0 Å². The molecule has 17 heavy (non-hydrogen) atoms. The Balaban J connectivity index is 1.96. The van der Waals surface area contributed by atoms with Gasteiger partial charge in [0, 0.05) is 17.1 Å². The molecular weight excluding hydrogens is 230 g/mol. The molecule has 1 N–H and O–H groups in total. The van der Waals surface area contributed by atoms with Crippen molar-refractivity contribution in [3.63, 3.8) is 0 Å². The van der Waals surface area contributed by atoms with Gasteiger partial charge in [-0.1, -0.05) is 55.5 Å². The minimum absolute atomic E-state index is 0.354. The summed E-state index contributed by atoms with van der Waals surface area (Å²) in [5.41, 5.74) is 1.22. The Morgan fingerprint density at radius 2 is 1.76 bits per heavy atom. The molecule has 1 aliphatic carbocycles. The molecule has 2 rings (SSSR count). The van der Waals surface area contributed by atoms with Crippen LogP contribution in [0.15, 0.2) is 24.3 Å². The monoisotopic (exact) mass is 251 g/mol. The zero-order chi connectivity index (χ0) is 12.1. The first-order valence-electron chi connectivity index (χ1n) is 6.78. The lowest BCUT2D eigenvalue weighted by Gasteiger charge is -2.23. The maximum absolute atomic E-state index is 6.23. The summed E-state index contributed by atoms with van der Waals surface area (Å²) >= 11 is 6.23. The van der Waals surface area contributed by atoms with Crippen molar-refractivity contribution < 1.29 is 0 Å². The van der Waals surface area contributed by atoms with Crippen LogP contribution in [0.4, 0.5) is 0 Å². The first kappa shape index (κ1) is 12.9. The molecule has 1 saturated carbocycles. The minimum Gasteiger partial charge on any atom is -0.307 e. The minimum atomic E-state index is 0.354. The molecule has 0 heterocycles. The van der Waals surface area contributed by atoms with Gasteiger partial charge in [0.2, 0.25) is 0 Å². The Hall–Kier alpha value is -0.530. The quantitative estimate of drug-likeness (QED) is 0.767. The van der Waals surface area contributed by atoms with Gasteiger partial charge in [0.15, 0.2) is 0 Å². The predicted molar refractivity (Wildman–Crippen MR) is 74.5 cm³/mol. The van der Waals surface area contributed by atoms with E-state index < -0.39 is 0 Å². The van der Waals surface area contributed by atoms with E-state index in [1.54, 1.807) is 0 Å². The molecule has 1 aromatic carbocycles. The molecule has 0 radical (unpaired) electrons. The highest BCUT2D eigenvalue weighted by molar-refractivity contribution is 6.31. The van der Waals surface area contributed by atoms with Crippen LogP contribution in [0.3, 0.4) is 0 Å². The Bertz CT molecular complexity index is 343. The third kappa shape index (κ3) is 3.72. The van der Waals surface area contributed by atoms with Gasteiger partial charge in [-0.25, -0.2) is 0 Å². The predicted octanol–water partition coefficient (Wildman–Crippen LogP) is 4.71. The Labute approximate surface area is 110 Å². The van der Waals surface area contributed by atoms with E-state index in [-0.39, 0.29) is 0 Å². The first-order valence-corrected chi connectivity index (χ1v) is 7.15. The molecule has 1 atom stereocenters. The maximum atomic E-state index is 6.23. The summed E-state index contributed by atoms with van der Waals surface area (Å²) in [5.74, 6) is 0. The van der Waals surface area contributed by atoms with Crippen molar-refractivity contribution in [2.45, 2.75) is 57.5 Å². The lowest BCUT2D eigenvalue weighted by molar-refractivity contribution is 0.414. The highest BCUT2D eigenvalue weighted by Gasteiger charge is 2.16. The number of nitrogens with one attached hydrogen (secondary N) is 1. The van der Waals surface area contributed by atoms with E-state index in [0.29, 0.717) is 12.1 Å². The fourth-order valence-electron chi connectivity index (χ4n) is 2.72. The molecule has 94 valence electrons. The van der Waals surface area contributed by atoms with E-state index in [1.807, 2.05) is 12.1 Å². The van der Waals surface area contributed by atoms with Crippen LogP contribution in [-0.2, 0) is 0 Å². The SMILES string of the molecule is C[C@@H](NC1CCCCCC1)c1ccccc1Cl. The molecule has 0 saturated heterocycles. The van der Waals surface area contributed by atoms with Crippen LogP contribution >= 0.6 is 11.6 Å². The maximum Gasteiger partial charge on any atom is 0.0453 e. The second-order valence-electron chi connectivity index (χ2n) is 5.10. The van der Waals surface area contributed by atoms with Gasteiger partial charge in [0.25, 0.3) is 0 Å².